The molecule has 5 nitrogen and oxygen atoms in total. The van der Waals surface area contributed by atoms with Crippen molar-refractivity contribution in [3.8, 4) is 0 Å². The summed E-state index contributed by atoms with van der Waals surface area (Å²) in [6.45, 7) is 11.3. The first-order valence-electron chi connectivity index (χ1n) is 7.78. The smallest absolute Gasteiger partial charge is 0.333 e. The maximum Gasteiger partial charge on any atom is 0.333 e. The van der Waals surface area contributed by atoms with Gasteiger partial charge in [0.15, 0.2) is 0 Å². The van der Waals surface area contributed by atoms with Crippen molar-refractivity contribution in [2.45, 2.75) is 59.2 Å². The van der Waals surface area contributed by atoms with E-state index in [0.717, 1.165) is 19.3 Å². The van der Waals surface area contributed by atoms with E-state index in [1.165, 1.54) is 0 Å². The molecule has 2 aliphatic rings. The Kier molecular flexibility index (Phi) is 4.66. The summed E-state index contributed by atoms with van der Waals surface area (Å²) >= 11 is 0. The Morgan fingerprint density at radius 3 is 2.50 bits per heavy atom. The number of ether oxygens (including phenoxy) is 3. The minimum Gasteiger partial charge on any atom is -0.465 e. The summed E-state index contributed by atoms with van der Waals surface area (Å²) in [6.07, 6.45) is 3.06. The molecule has 0 aromatic heterocycles. The molecule has 0 aromatic rings. The summed E-state index contributed by atoms with van der Waals surface area (Å²) < 4.78 is 16.1. The Hall–Kier alpha value is -1.36. The van der Waals surface area contributed by atoms with Crippen molar-refractivity contribution in [3.05, 3.63) is 12.2 Å². The highest BCUT2D eigenvalue weighted by molar-refractivity contribution is 5.86. The molecule has 0 bridgehead atoms. The topological polar surface area (TPSA) is 65.1 Å². The van der Waals surface area contributed by atoms with E-state index >= 15 is 0 Å². The standard InChI is InChI=1S/C17H26O5/c1-11(2)14(18)20-9-16(3,4)10-21-15(19)17(5)7-6-12-13(8-17)22-12/h12-13H,1,6-10H2,2-5H3. The zero-order valence-corrected chi connectivity index (χ0v) is 13.9. The van der Waals surface area contributed by atoms with Crippen LogP contribution in [0.5, 0.6) is 0 Å². The number of hydrogen-bond donors (Lipinski definition) is 0. The number of carbonyl (C=O) groups is 2. The molecule has 0 radical (unpaired) electrons. The van der Waals surface area contributed by atoms with Crippen molar-refractivity contribution in [2.75, 3.05) is 13.2 Å². The zero-order valence-electron chi connectivity index (χ0n) is 13.9. The predicted octanol–water partition coefficient (Wildman–Crippen LogP) is 2.63. The van der Waals surface area contributed by atoms with Crippen molar-refractivity contribution < 1.29 is 23.8 Å². The molecule has 1 aliphatic carbocycles. The second-order valence-electron chi connectivity index (χ2n) is 7.61. The fourth-order valence-corrected chi connectivity index (χ4v) is 2.67. The zero-order chi connectivity index (χ0) is 16.5. The van der Waals surface area contributed by atoms with Crippen LogP contribution in [-0.4, -0.2) is 37.4 Å². The number of fused-ring (bicyclic) bond motifs is 1. The van der Waals surface area contributed by atoms with E-state index in [1.54, 1.807) is 6.92 Å². The minimum atomic E-state index is -0.456. The average Bonchev–Trinajstić information content (AvgIpc) is 3.20. The summed E-state index contributed by atoms with van der Waals surface area (Å²) in [7, 11) is 0. The van der Waals surface area contributed by atoms with Crippen molar-refractivity contribution in [1.29, 1.82) is 0 Å². The summed E-state index contributed by atoms with van der Waals surface area (Å²) in [4.78, 5) is 23.8. The van der Waals surface area contributed by atoms with Crippen LogP contribution in [0.2, 0.25) is 0 Å². The molecule has 1 saturated heterocycles. The second kappa shape index (κ2) is 6.03. The first-order chi connectivity index (χ1) is 10.1. The highest BCUT2D eigenvalue weighted by Crippen LogP contribution is 2.46. The normalized spacial score (nSPS) is 30.2. The molecule has 0 spiro atoms. The molecule has 0 amide bonds. The summed E-state index contributed by atoms with van der Waals surface area (Å²) in [5, 5.41) is 0. The van der Waals surface area contributed by atoms with Crippen LogP contribution in [0, 0.1) is 10.8 Å². The van der Waals surface area contributed by atoms with Crippen LogP contribution in [0.25, 0.3) is 0 Å². The van der Waals surface area contributed by atoms with Gasteiger partial charge >= 0.3 is 11.9 Å². The fraction of sp³-hybridized carbons (Fsp3) is 0.765. The minimum absolute atomic E-state index is 0.180. The summed E-state index contributed by atoms with van der Waals surface area (Å²) in [5.74, 6) is -0.601. The molecule has 2 rings (SSSR count). The van der Waals surface area contributed by atoms with E-state index in [-0.39, 0.29) is 25.3 Å². The first-order valence-corrected chi connectivity index (χ1v) is 7.78. The largest absolute Gasteiger partial charge is 0.465 e. The van der Waals surface area contributed by atoms with Gasteiger partial charge in [0.05, 0.1) is 30.8 Å². The van der Waals surface area contributed by atoms with Crippen LogP contribution >= 0.6 is 0 Å². The predicted molar refractivity (Wildman–Crippen MR) is 81.1 cm³/mol. The van der Waals surface area contributed by atoms with Gasteiger partial charge in [0.25, 0.3) is 0 Å². The Morgan fingerprint density at radius 2 is 1.91 bits per heavy atom. The molecule has 5 heteroatoms. The Morgan fingerprint density at radius 1 is 1.27 bits per heavy atom. The SMILES string of the molecule is C=C(C)C(=O)OCC(C)(C)COC(=O)C1(C)CCC2OC2C1. The van der Waals surface area contributed by atoms with Gasteiger partial charge in [-0.2, -0.15) is 0 Å². The number of hydrogen-bond acceptors (Lipinski definition) is 5. The molecule has 0 aromatic carbocycles. The van der Waals surface area contributed by atoms with Gasteiger partial charge in [-0.15, -0.1) is 0 Å². The number of rotatable bonds is 6. The van der Waals surface area contributed by atoms with Crippen molar-refractivity contribution in [2.24, 2.45) is 10.8 Å². The van der Waals surface area contributed by atoms with E-state index in [4.69, 9.17) is 14.2 Å². The molecule has 1 saturated carbocycles. The van der Waals surface area contributed by atoms with Gasteiger partial charge in [-0.25, -0.2) is 4.79 Å². The van der Waals surface area contributed by atoms with E-state index < -0.39 is 16.8 Å². The molecule has 22 heavy (non-hydrogen) atoms. The molecule has 124 valence electrons. The Labute approximate surface area is 132 Å². The van der Waals surface area contributed by atoms with Crippen LogP contribution < -0.4 is 0 Å². The molecule has 2 fully saturated rings. The maximum atomic E-state index is 12.4. The fourth-order valence-electron chi connectivity index (χ4n) is 2.67. The maximum absolute atomic E-state index is 12.4. The third-order valence-corrected chi connectivity index (χ3v) is 4.35. The van der Waals surface area contributed by atoms with Crippen LogP contribution in [0.3, 0.4) is 0 Å². The molecule has 3 atom stereocenters. The number of epoxide rings is 1. The van der Waals surface area contributed by atoms with Gasteiger partial charge < -0.3 is 14.2 Å². The van der Waals surface area contributed by atoms with E-state index in [1.807, 2.05) is 20.8 Å². The molecular weight excluding hydrogens is 284 g/mol. The van der Waals surface area contributed by atoms with E-state index in [2.05, 4.69) is 6.58 Å². The van der Waals surface area contributed by atoms with E-state index in [9.17, 15) is 9.59 Å². The third kappa shape index (κ3) is 4.09. The third-order valence-electron chi connectivity index (χ3n) is 4.35. The average molecular weight is 310 g/mol. The van der Waals surface area contributed by atoms with E-state index in [0.29, 0.717) is 11.7 Å². The lowest BCUT2D eigenvalue weighted by atomic mass is 9.76. The Bertz CT molecular complexity index is 481. The Balaban J connectivity index is 1.79. The molecule has 0 N–H and O–H groups in total. The molecule has 1 aliphatic heterocycles. The lowest BCUT2D eigenvalue weighted by Crippen LogP contribution is -2.37. The molecule has 1 heterocycles. The molecular formula is C17H26O5. The van der Waals surface area contributed by atoms with Gasteiger partial charge in [0.1, 0.15) is 0 Å². The second-order valence-corrected chi connectivity index (χ2v) is 7.61. The van der Waals surface area contributed by atoms with Gasteiger partial charge in [-0.1, -0.05) is 20.4 Å². The summed E-state index contributed by atoms with van der Waals surface area (Å²) in [5.41, 5.74) is -0.520. The molecule has 3 unspecified atom stereocenters. The lowest BCUT2D eigenvalue weighted by molar-refractivity contribution is -0.161. The monoisotopic (exact) mass is 310 g/mol. The lowest BCUT2D eigenvalue weighted by Gasteiger charge is -2.31. The van der Waals surface area contributed by atoms with Gasteiger partial charge in [-0.05, 0) is 33.1 Å². The first kappa shape index (κ1) is 17.0. The van der Waals surface area contributed by atoms with Gasteiger partial charge in [-0.3, -0.25) is 4.79 Å². The van der Waals surface area contributed by atoms with Gasteiger partial charge in [0, 0.05) is 11.0 Å². The van der Waals surface area contributed by atoms with Crippen LogP contribution in [0.15, 0.2) is 12.2 Å². The highest BCUT2D eigenvalue weighted by atomic mass is 16.6. The van der Waals surface area contributed by atoms with Crippen LogP contribution in [0.4, 0.5) is 0 Å². The highest BCUT2D eigenvalue weighted by Gasteiger charge is 2.52. The summed E-state index contributed by atoms with van der Waals surface area (Å²) in [6, 6.07) is 0. The quantitative estimate of drug-likeness (QED) is 0.429. The van der Waals surface area contributed by atoms with Crippen molar-refractivity contribution >= 4 is 11.9 Å². The van der Waals surface area contributed by atoms with Crippen LogP contribution in [-0.2, 0) is 23.8 Å². The number of esters is 2. The van der Waals surface area contributed by atoms with Crippen LogP contribution in [0.1, 0.15) is 47.0 Å². The van der Waals surface area contributed by atoms with Crippen molar-refractivity contribution in [3.63, 3.8) is 0 Å². The van der Waals surface area contributed by atoms with Crippen molar-refractivity contribution in [1.82, 2.24) is 0 Å². The van der Waals surface area contributed by atoms with Gasteiger partial charge in [0.2, 0.25) is 0 Å². The number of carbonyl (C=O) groups excluding carboxylic acids is 2.